The van der Waals surface area contributed by atoms with E-state index < -0.39 is 10.8 Å². The van der Waals surface area contributed by atoms with Crippen LogP contribution < -0.4 is 20.1 Å². The van der Waals surface area contributed by atoms with Crippen molar-refractivity contribution < 1.29 is 22.6 Å². The first-order chi connectivity index (χ1) is 25.8. The SMILES string of the molecule is CCCCNc1nc(Nc2ccccc2)c(N=Nc2cc(OC)c(S(=O)CCN(C)CCO/S(C)=C/CCCCCOCC)cc2OC)c(C)c1C#N. The molecule has 2 atom stereocenters. The number of pyridine rings is 1. The molecule has 1 aromatic heterocycles. The predicted molar refractivity (Wildman–Crippen MR) is 220 cm³/mol. The van der Waals surface area contributed by atoms with Gasteiger partial charge in [0, 0.05) is 68.2 Å². The maximum absolute atomic E-state index is 13.6. The predicted octanol–water partition coefficient (Wildman–Crippen LogP) is 8.92. The Morgan fingerprint density at radius 2 is 1.75 bits per heavy atom. The minimum Gasteiger partial charge on any atom is -0.495 e. The lowest BCUT2D eigenvalue weighted by atomic mass is 10.1. The molecule has 3 rings (SSSR count). The number of azo groups is 1. The van der Waals surface area contributed by atoms with Gasteiger partial charge in [-0.2, -0.15) is 5.26 Å². The quantitative estimate of drug-likeness (QED) is 0.0488. The number of hydrogen-bond acceptors (Lipinski definition) is 12. The number of likely N-dealkylation sites (N-methyl/N-ethyl adjacent to an activating group) is 1. The first-order valence-corrected chi connectivity index (χ1v) is 21.1. The number of nitrogens with one attached hydrogen (secondary N) is 2. The van der Waals surface area contributed by atoms with Crippen molar-refractivity contribution in [3.05, 3.63) is 53.6 Å². The van der Waals surface area contributed by atoms with E-state index in [1.807, 2.05) is 51.2 Å². The molecule has 53 heavy (non-hydrogen) atoms. The standard InChI is InChI=1S/C39H57N7O5S2/c1-8-10-20-41-38-32(29-40)30(3)37(39(43-38)42-31-18-14-13-15-19-31)45-44-33-27-35(49-6)36(28-34(33)48-5)53(47)26-22-46(4)21-24-51-52(7)25-17-12-11-16-23-50-9-2/h13-15,18-19,25,27-28H,8-12,16-17,20-24,26H2,1-7H3,(H2,41,42,43). The molecule has 290 valence electrons. The summed E-state index contributed by atoms with van der Waals surface area (Å²) < 4.78 is 36.3. The van der Waals surface area contributed by atoms with E-state index in [-0.39, 0.29) is 10.8 Å². The molecule has 1 heterocycles. The highest BCUT2D eigenvalue weighted by molar-refractivity contribution is 8.10. The Morgan fingerprint density at radius 1 is 0.981 bits per heavy atom. The molecule has 0 bridgehead atoms. The molecule has 0 saturated heterocycles. The Kier molecular flexibility index (Phi) is 20.1. The Bertz CT molecular complexity index is 1700. The number of rotatable bonds is 25. The van der Waals surface area contributed by atoms with Crippen molar-refractivity contribution in [2.24, 2.45) is 10.2 Å². The van der Waals surface area contributed by atoms with Crippen LogP contribution >= 0.6 is 10.8 Å². The summed E-state index contributed by atoms with van der Waals surface area (Å²) in [7, 11) is 3.50. The van der Waals surface area contributed by atoms with Gasteiger partial charge in [-0.15, -0.1) is 10.2 Å². The second kappa shape index (κ2) is 24.4. The normalized spacial score (nSPS) is 12.6. The molecule has 0 aliphatic rings. The van der Waals surface area contributed by atoms with Gasteiger partial charge in [0.2, 0.25) is 0 Å². The fourth-order valence-corrected chi connectivity index (χ4v) is 7.41. The Morgan fingerprint density at radius 3 is 2.45 bits per heavy atom. The van der Waals surface area contributed by atoms with Gasteiger partial charge in [0.15, 0.2) is 5.82 Å². The van der Waals surface area contributed by atoms with E-state index >= 15 is 0 Å². The number of methoxy groups -OCH3 is 2. The Hall–Kier alpha value is -3.87. The third-order valence-corrected chi connectivity index (χ3v) is 10.9. The third kappa shape index (κ3) is 14.5. The van der Waals surface area contributed by atoms with Crippen molar-refractivity contribution in [1.82, 2.24) is 9.88 Å². The number of hydrogen-bond donors (Lipinski definition) is 2. The highest BCUT2D eigenvalue weighted by Gasteiger charge is 2.20. The summed E-state index contributed by atoms with van der Waals surface area (Å²) >= 11 is 0. The molecule has 0 aliphatic carbocycles. The molecule has 2 aromatic carbocycles. The fraction of sp³-hybridized carbons (Fsp3) is 0.513. The number of nitrogens with zero attached hydrogens (tertiary/aromatic N) is 5. The van der Waals surface area contributed by atoms with E-state index in [0.717, 1.165) is 64.0 Å². The van der Waals surface area contributed by atoms with Crippen molar-refractivity contribution in [1.29, 1.82) is 5.26 Å². The van der Waals surface area contributed by atoms with Crippen LogP contribution in [0, 0.1) is 18.3 Å². The summed E-state index contributed by atoms with van der Waals surface area (Å²) in [4.78, 5) is 7.40. The molecule has 2 unspecified atom stereocenters. The summed E-state index contributed by atoms with van der Waals surface area (Å²) in [5, 5.41) is 28.1. The second-order valence-electron chi connectivity index (χ2n) is 12.3. The average Bonchev–Trinajstić information content (AvgIpc) is 3.16. The average molecular weight is 768 g/mol. The lowest BCUT2D eigenvalue weighted by Crippen LogP contribution is -2.27. The summed E-state index contributed by atoms with van der Waals surface area (Å²) in [6, 6.07) is 15.3. The van der Waals surface area contributed by atoms with Gasteiger partial charge >= 0.3 is 0 Å². The van der Waals surface area contributed by atoms with Gasteiger partial charge in [-0.05, 0) is 64.1 Å². The van der Waals surface area contributed by atoms with E-state index in [9.17, 15) is 9.47 Å². The molecule has 0 saturated carbocycles. The van der Waals surface area contributed by atoms with Crippen molar-refractivity contribution >= 4 is 55.6 Å². The zero-order valence-electron chi connectivity index (χ0n) is 32.4. The molecular formula is C39H57N7O5S2. The van der Waals surface area contributed by atoms with Gasteiger partial charge in [0.05, 0.1) is 42.1 Å². The smallest absolute Gasteiger partial charge is 0.161 e. The van der Waals surface area contributed by atoms with Crippen LogP contribution in [0.4, 0.5) is 28.7 Å². The lowest BCUT2D eigenvalue weighted by Gasteiger charge is -2.18. The van der Waals surface area contributed by atoms with Crippen molar-refractivity contribution in [2.75, 3.05) is 83.4 Å². The van der Waals surface area contributed by atoms with Crippen LogP contribution in [0.15, 0.2) is 57.6 Å². The Labute approximate surface area is 321 Å². The first-order valence-electron chi connectivity index (χ1n) is 18.2. The number of ether oxygens (including phenoxy) is 3. The molecule has 0 spiro atoms. The molecule has 0 aliphatic heterocycles. The number of unbranched alkanes of at least 4 members (excludes halogenated alkanes) is 4. The minimum atomic E-state index is -1.38. The minimum absolute atomic E-state index is 0.193. The fourth-order valence-electron chi connectivity index (χ4n) is 5.18. The number of benzene rings is 2. The number of aromatic nitrogens is 1. The first kappa shape index (κ1) is 43.5. The number of nitriles is 1. The lowest BCUT2D eigenvalue weighted by molar-refractivity contribution is 0.143. The second-order valence-corrected chi connectivity index (χ2v) is 15.4. The van der Waals surface area contributed by atoms with Gasteiger partial charge in [0.1, 0.15) is 34.8 Å². The molecule has 3 aromatic rings. The van der Waals surface area contributed by atoms with Crippen LogP contribution in [0.1, 0.15) is 63.5 Å². The van der Waals surface area contributed by atoms with Crippen LogP contribution in [0.25, 0.3) is 0 Å². The van der Waals surface area contributed by atoms with Crippen molar-refractivity contribution in [3.63, 3.8) is 0 Å². The third-order valence-electron chi connectivity index (χ3n) is 8.30. The monoisotopic (exact) mass is 767 g/mol. The van der Waals surface area contributed by atoms with Gasteiger partial charge in [-0.25, -0.2) is 4.98 Å². The molecular weight excluding hydrogens is 711 g/mol. The van der Waals surface area contributed by atoms with E-state index in [2.05, 4.69) is 50.4 Å². The molecule has 0 radical (unpaired) electrons. The number of para-hydroxylation sites is 1. The summed E-state index contributed by atoms with van der Waals surface area (Å²) in [6.45, 7) is 10.2. The van der Waals surface area contributed by atoms with Crippen molar-refractivity contribution in [3.8, 4) is 17.6 Å². The zero-order chi connectivity index (χ0) is 38.4. The van der Waals surface area contributed by atoms with E-state index in [1.54, 1.807) is 12.1 Å². The van der Waals surface area contributed by atoms with Crippen LogP contribution in [0.5, 0.6) is 11.5 Å². The summed E-state index contributed by atoms with van der Waals surface area (Å²) in [5.74, 6) is 2.15. The zero-order valence-corrected chi connectivity index (χ0v) is 34.0. The van der Waals surface area contributed by atoms with Crippen LogP contribution in [-0.4, -0.2) is 92.2 Å². The van der Waals surface area contributed by atoms with Crippen LogP contribution in [-0.2, 0) is 19.7 Å². The molecule has 0 fully saturated rings. The van der Waals surface area contributed by atoms with Gasteiger partial charge in [-0.1, -0.05) is 48.7 Å². The van der Waals surface area contributed by atoms with Crippen LogP contribution in [0.2, 0.25) is 0 Å². The number of anilines is 3. The highest BCUT2D eigenvalue weighted by atomic mass is 32.2. The molecule has 2 N–H and O–H groups in total. The molecule has 12 nitrogen and oxygen atoms in total. The topological polar surface area (TPSA) is 143 Å². The van der Waals surface area contributed by atoms with Crippen molar-refractivity contribution in [2.45, 2.75) is 64.2 Å². The van der Waals surface area contributed by atoms with Crippen LogP contribution in [0.3, 0.4) is 0 Å². The maximum Gasteiger partial charge on any atom is 0.161 e. The molecule has 14 heteroatoms. The summed E-state index contributed by atoms with van der Waals surface area (Å²) in [6.07, 6.45) is 8.51. The molecule has 0 amide bonds. The van der Waals surface area contributed by atoms with Gasteiger partial charge < -0.3 is 33.9 Å². The highest BCUT2D eigenvalue weighted by Crippen LogP contribution is 2.40. The Balaban J connectivity index is 1.72. The van der Waals surface area contributed by atoms with Gasteiger partial charge in [0.25, 0.3) is 0 Å². The van der Waals surface area contributed by atoms with E-state index in [1.165, 1.54) is 14.2 Å². The van der Waals surface area contributed by atoms with E-state index in [4.69, 9.17) is 23.4 Å². The largest absolute Gasteiger partial charge is 0.495 e. The van der Waals surface area contributed by atoms with Gasteiger partial charge in [-0.3, -0.25) is 4.21 Å². The summed E-state index contributed by atoms with van der Waals surface area (Å²) in [5.41, 5.74) is 2.62. The van der Waals surface area contributed by atoms with E-state index in [0.29, 0.717) is 76.0 Å². The maximum atomic E-state index is 13.6.